The molecule has 2 fully saturated rings. The zero-order chi connectivity index (χ0) is 16.4. The first-order valence-electron chi connectivity index (χ1n) is 8.59. The second-order valence-corrected chi connectivity index (χ2v) is 7.12. The minimum atomic E-state index is -0.691. The molecule has 0 aliphatic carbocycles. The van der Waals surface area contributed by atoms with Gasteiger partial charge in [-0.05, 0) is 57.8 Å². The Bertz CT molecular complexity index is 618. The van der Waals surface area contributed by atoms with Crippen molar-refractivity contribution in [1.29, 1.82) is 5.26 Å². The van der Waals surface area contributed by atoms with Crippen molar-refractivity contribution in [2.45, 2.75) is 45.1 Å². The average Bonchev–Trinajstić information content (AvgIpc) is 2.89. The van der Waals surface area contributed by atoms with Crippen molar-refractivity contribution < 1.29 is 5.11 Å². The average molecular weight is 314 g/mol. The van der Waals surface area contributed by atoms with Crippen LogP contribution in [0.4, 0.5) is 5.82 Å². The molecule has 1 aromatic heterocycles. The Balaban J connectivity index is 1.75. The standard InChI is InChI=1S/C18H26N4O/c1-14-10-15(2)20-17(16(14)11-19)22-9-6-18(23,13-22)12-21-7-4-3-5-8-21/h10,23H,3-9,12-13H2,1-2H3/t18-/m0/s1. The summed E-state index contributed by atoms with van der Waals surface area (Å²) in [5.41, 5.74) is 1.82. The van der Waals surface area contributed by atoms with Gasteiger partial charge in [0.2, 0.25) is 0 Å². The van der Waals surface area contributed by atoms with Crippen LogP contribution in [0.5, 0.6) is 0 Å². The molecule has 5 heteroatoms. The molecule has 1 aromatic rings. The van der Waals surface area contributed by atoms with Gasteiger partial charge in [-0.15, -0.1) is 0 Å². The summed E-state index contributed by atoms with van der Waals surface area (Å²) in [4.78, 5) is 9.05. The van der Waals surface area contributed by atoms with Gasteiger partial charge in [0.05, 0.1) is 11.2 Å². The molecular formula is C18H26N4O. The Hall–Kier alpha value is -1.64. The number of hydrogen-bond donors (Lipinski definition) is 1. The van der Waals surface area contributed by atoms with Gasteiger partial charge in [-0.25, -0.2) is 4.98 Å². The van der Waals surface area contributed by atoms with Crippen LogP contribution >= 0.6 is 0 Å². The highest BCUT2D eigenvalue weighted by Crippen LogP contribution is 2.30. The van der Waals surface area contributed by atoms with Crippen molar-refractivity contribution in [3.05, 3.63) is 22.9 Å². The van der Waals surface area contributed by atoms with Crippen LogP contribution in [0.3, 0.4) is 0 Å². The lowest BCUT2D eigenvalue weighted by Gasteiger charge is -2.33. The van der Waals surface area contributed by atoms with Crippen molar-refractivity contribution >= 4 is 5.82 Å². The van der Waals surface area contributed by atoms with Gasteiger partial charge >= 0.3 is 0 Å². The first kappa shape index (κ1) is 16.2. The van der Waals surface area contributed by atoms with Gasteiger partial charge in [0.1, 0.15) is 11.9 Å². The van der Waals surface area contributed by atoms with Crippen LogP contribution in [0, 0.1) is 25.2 Å². The van der Waals surface area contributed by atoms with Crippen LogP contribution in [0.25, 0.3) is 0 Å². The molecule has 0 radical (unpaired) electrons. The molecule has 5 nitrogen and oxygen atoms in total. The summed E-state index contributed by atoms with van der Waals surface area (Å²) < 4.78 is 0. The number of hydrogen-bond acceptors (Lipinski definition) is 5. The summed E-state index contributed by atoms with van der Waals surface area (Å²) in [6.45, 7) is 8.14. The third-order valence-electron chi connectivity index (χ3n) is 5.04. The zero-order valence-electron chi connectivity index (χ0n) is 14.2. The summed E-state index contributed by atoms with van der Waals surface area (Å²) in [5, 5.41) is 20.4. The van der Waals surface area contributed by atoms with Gasteiger partial charge in [-0.3, -0.25) is 0 Å². The molecule has 1 atom stereocenters. The Kier molecular flexibility index (Phi) is 4.56. The maximum atomic E-state index is 11.0. The van der Waals surface area contributed by atoms with E-state index in [2.05, 4.69) is 20.9 Å². The summed E-state index contributed by atoms with van der Waals surface area (Å²) in [5.74, 6) is 0.736. The van der Waals surface area contributed by atoms with Gasteiger partial charge in [0.25, 0.3) is 0 Å². The molecule has 2 aliphatic rings. The van der Waals surface area contributed by atoms with Gasteiger partial charge in [-0.1, -0.05) is 6.42 Å². The van der Waals surface area contributed by atoms with E-state index in [9.17, 15) is 10.4 Å². The van der Waals surface area contributed by atoms with Gasteiger partial charge in [0, 0.05) is 25.3 Å². The van der Waals surface area contributed by atoms with Crippen LogP contribution in [-0.4, -0.2) is 53.3 Å². The minimum Gasteiger partial charge on any atom is -0.387 e. The van der Waals surface area contributed by atoms with Crippen LogP contribution in [0.15, 0.2) is 6.07 Å². The molecule has 2 saturated heterocycles. The lowest BCUT2D eigenvalue weighted by atomic mass is 10.0. The number of likely N-dealkylation sites (tertiary alicyclic amines) is 1. The highest BCUT2D eigenvalue weighted by Gasteiger charge is 2.39. The van der Waals surface area contributed by atoms with E-state index < -0.39 is 5.60 Å². The number of pyridine rings is 1. The molecular weight excluding hydrogens is 288 g/mol. The predicted molar refractivity (Wildman–Crippen MR) is 90.5 cm³/mol. The number of piperidine rings is 1. The number of aromatic nitrogens is 1. The first-order valence-corrected chi connectivity index (χ1v) is 8.59. The third kappa shape index (κ3) is 3.49. The Morgan fingerprint density at radius 3 is 2.70 bits per heavy atom. The Morgan fingerprint density at radius 1 is 1.26 bits per heavy atom. The molecule has 23 heavy (non-hydrogen) atoms. The number of aliphatic hydroxyl groups is 1. The summed E-state index contributed by atoms with van der Waals surface area (Å²) in [7, 11) is 0. The summed E-state index contributed by atoms with van der Waals surface area (Å²) >= 11 is 0. The van der Waals surface area contributed by atoms with Gasteiger partial charge < -0.3 is 14.9 Å². The van der Waals surface area contributed by atoms with Crippen molar-refractivity contribution in [1.82, 2.24) is 9.88 Å². The molecule has 0 aromatic carbocycles. The van der Waals surface area contributed by atoms with E-state index in [0.717, 1.165) is 49.7 Å². The lowest BCUT2D eigenvalue weighted by Crippen LogP contribution is -2.46. The van der Waals surface area contributed by atoms with Crippen molar-refractivity contribution in [2.24, 2.45) is 0 Å². The number of anilines is 1. The second kappa shape index (κ2) is 6.46. The second-order valence-electron chi connectivity index (χ2n) is 7.12. The molecule has 0 spiro atoms. The molecule has 3 rings (SSSR count). The SMILES string of the molecule is Cc1cc(C)c(C#N)c(N2CC[C@](O)(CN3CCCCC3)C2)n1. The number of rotatable bonds is 3. The summed E-state index contributed by atoms with van der Waals surface area (Å²) in [6, 6.07) is 4.22. The largest absolute Gasteiger partial charge is 0.387 e. The number of nitrogens with zero attached hydrogens (tertiary/aromatic N) is 4. The first-order chi connectivity index (χ1) is 11.0. The Morgan fingerprint density at radius 2 is 2.00 bits per heavy atom. The van der Waals surface area contributed by atoms with E-state index in [0.29, 0.717) is 12.1 Å². The van der Waals surface area contributed by atoms with E-state index in [1.165, 1.54) is 19.3 Å². The van der Waals surface area contributed by atoms with Crippen molar-refractivity contribution in [2.75, 3.05) is 37.6 Å². The van der Waals surface area contributed by atoms with Crippen LogP contribution in [0.2, 0.25) is 0 Å². The highest BCUT2D eigenvalue weighted by atomic mass is 16.3. The number of aryl methyl sites for hydroxylation is 2. The van der Waals surface area contributed by atoms with Gasteiger partial charge in [0.15, 0.2) is 0 Å². The molecule has 0 amide bonds. The topological polar surface area (TPSA) is 63.4 Å². The van der Waals surface area contributed by atoms with Gasteiger partial charge in [-0.2, -0.15) is 5.26 Å². The van der Waals surface area contributed by atoms with Crippen LogP contribution in [-0.2, 0) is 0 Å². The van der Waals surface area contributed by atoms with E-state index in [1.54, 1.807) is 0 Å². The predicted octanol–water partition coefficient (Wildman–Crippen LogP) is 2.00. The highest BCUT2D eigenvalue weighted by molar-refractivity contribution is 5.59. The quantitative estimate of drug-likeness (QED) is 0.924. The normalized spacial score (nSPS) is 25.6. The fourth-order valence-corrected chi connectivity index (χ4v) is 3.88. The molecule has 2 aliphatic heterocycles. The lowest BCUT2D eigenvalue weighted by molar-refractivity contribution is 0.0169. The van der Waals surface area contributed by atoms with Crippen molar-refractivity contribution in [3.63, 3.8) is 0 Å². The molecule has 3 heterocycles. The maximum Gasteiger partial charge on any atom is 0.147 e. The van der Waals surface area contributed by atoms with Crippen LogP contribution < -0.4 is 4.90 Å². The smallest absolute Gasteiger partial charge is 0.147 e. The van der Waals surface area contributed by atoms with E-state index in [4.69, 9.17) is 0 Å². The monoisotopic (exact) mass is 314 g/mol. The van der Waals surface area contributed by atoms with Crippen molar-refractivity contribution in [3.8, 4) is 6.07 Å². The molecule has 1 N–H and O–H groups in total. The van der Waals surface area contributed by atoms with E-state index >= 15 is 0 Å². The molecule has 124 valence electrons. The fourth-order valence-electron chi connectivity index (χ4n) is 3.88. The molecule has 0 bridgehead atoms. The van der Waals surface area contributed by atoms with E-state index in [1.807, 2.05) is 19.9 Å². The molecule has 0 unspecified atom stereocenters. The molecule has 0 saturated carbocycles. The Labute approximate surface area is 138 Å². The van der Waals surface area contributed by atoms with E-state index in [-0.39, 0.29) is 0 Å². The third-order valence-corrected chi connectivity index (χ3v) is 5.04. The maximum absolute atomic E-state index is 11.0. The summed E-state index contributed by atoms with van der Waals surface area (Å²) in [6.07, 6.45) is 4.51. The van der Waals surface area contributed by atoms with Crippen LogP contribution in [0.1, 0.15) is 42.5 Å². The number of β-amino-alcohol motifs (C(OH)–C–C–N with tert-alkyl or cyclic N) is 1. The minimum absolute atomic E-state index is 0.564. The number of nitriles is 1. The fraction of sp³-hybridized carbons (Fsp3) is 0.667. The zero-order valence-corrected chi connectivity index (χ0v) is 14.2.